The summed E-state index contributed by atoms with van der Waals surface area (Å²) >= 11 is 0. The zero-order valence-corrected chi connectivity index (χ0v) is 9.08. The third kappa shape index (κ3) is 9.48. The highest BCUT2D eigenvalue weighted by molar-refractivity contribution is 5.67. The van der Waals surface area contributed by atoms with Crippen molar-refractivity contribution in [2.24, 2.45) is 0 Å². The molecule has 0 bridgehead atoms. The Balaban J connectivity index is 3.14. The molecule has 0 aliphatic carbocycles. The first-order valence-corrected chi connectivity index (χ1v) is 5.19. The molecule has 0 heterocycles. The maximum atomic E-state index is 10.3. The van der Waals surface area contributed by atoms with Crippen molar-refractivity contribution in [3.63, 3.8) is 0 Å². The summed E-state index contributed by atoms with van der Waals surface area (Å²) in [6.45, 7) is 6.33. The molecule has 2 N–H and O–H groups in total. The highest BCUT2D eigenvalue weighted by Gasteiger charge is 2.05. The smallest absolute Gasteiger partial charge is 0.304 e. The van der Waals surface area contributed by atoms with Crippen LogP contribution in [0.15, 0.2) is 0 Å². The largest absolute Gasteiger partial charge is 0.481 e. The van der Waals surface area contributed by atoms with Crippen molar-refractivity contribution in [1.82, 2.24) is 5.32 Å². The highest BCUT2D eigenvalue weighted by Crippen LogP contribution is 1.91. The number of carboxylic acids is 1. The summed E-state index contributed by atoms with van der Waals surface area (Å²) in [5, 5.41) is 11.6. The quantitative estimate of drug-likeness (QED) is 0.554. The zero-order chi connectivity index (χ0) is 10.8. The molecular weight excluding hydrogens is 182 g/mol. The molecule has 0 spiro atoms. The van der Waals surface area contributed by atoms with E-state index in [9.17, 15) is 4.79 Å². The van der Waals surface area contributed by atoms with Crippen LogP contribution in [0.4, 0.5) is 0 Å². The van der Waals surface area contributed by atoms with Gasteiger partial charge in [-0.25, -0.2) is 0 Å². The Bertz CT molecular complexity index is 150. The van der Waals surface area contributed by atoms with Gasteiger partial charge in [0.25, 0.3) is 0 Å². The normalized spacial score (nSPS) is 12.7. The third-order valence-electron chi connectivity index (χ3n) is 1.79. The Morgan fingerprint density at radius 3 is 2.79 bits per heavy atom. The predicted molar refractivity (Wildman–Crippen MR) is 55.4 cm³/mol. The molecule has 4 nitrogen and oxygen atoms in total. The molecule has 0 aromatic heterocycles. The summed E-state index contributed by atoms with van der Waals surface area (Å²) < 4.78 is 5.29. The first-order chi connectivity index (χ1) is 6.66. The van der Waals surface area contributed by atoms with Gasteiger partial charge in [-0.3, -0.25) is 4.79 Å². The molecule has 0 saturated carbocycles. The van der Waals surface area contributed by atoms with Gasteiger partial charge < -0.3 is 15.2 Å². The lowest BCUT2D eigenvalue weighted by Crippen LogP contribution is -2.29. The van der Waals surface area contributed by atoms with Gasteiger partial charge in [-0.15, -0.1) is 0 Å². The van der Waals surface area contributed by atoms with Gasteiger partial charge in [-0.2, -0.15) is 0 Å². The maximum absolute atomic E-state index is 10.3. The zero-order valence-electron chi connectivity index (χ0n) is 9.08. The summed E-state index contributed by atoms with van der Waals surface area (Å²) in [6.07, 6.45) is 2.16. The molecular formula is C10H21NO3. The van der Waals surface area contributed by atoms with E-state index in [1.807, 2.05) is 6.92 Å². The number of hydrogen-bond acceptors (Lipinski definition) is 3. The van der Waals surface area contributed by atoms with E-state index >= 15 is 0 Å². The molecule has 0 saturated heterocycles. The van der Waals surface area contributed by atoms with Gasteiger partial charge in [0, 0.05) is 19.3 Å². The Kier molecular flexibility index (Phi) is 8.57. The molecule has 1 atom stereocenters. The van der Waals surface area contributed by atoms with E-state index in [0.29, 0.717) is 0 Å². The van der Waals surface area contributed by atoms with Crippen LogP contribution in [0.5, 0.6) is 0 Å². The second kappa shape index (κ2) is 8.97. The van der Waals surface area contributed by atoms with Crippen LogP contribution in [0.25, 0.3) is 0 Å². The lowest BCUT2D eigenvalue weighted by molar-refractivity contribution is -0.137. The highest BCUT2D eigenvalue weighted by atomic mass is 16.5. The van der Waals surface area contributed by atoms with Gasteiger partial charge in [0.1, 0.15) is 0 Å². The number of carbonyl (C=O) groups is 1. The van der Waals surface area contributed by atoms with Gasteiger partial charge in [-0.05, 0) is 26.3 Å². The van der Waals surface area contributed by atoms with Crippen molar-refractivity contribution in [2.45, 2.75) is 39.2 Å². The first kappa shape index (κ1) is 13.4. The Labute approximate surface area is 85.6 Å². The molecule has 0 aromatic carbocycles. The number of rotatable bonds is 9. The van der Waals surface area contributed by atoms with Crippen molar-refractivity contribution in [3.8, 4) is 0 Å². The number of ether oxygens (including phenoxy) is 1. The van der Waals surface area contributed by atoms with E-state index in [4.69, 9.17) is 9.84 Å². The van der Waals surface area contributed by atoms with Crippen molar-refractivity contribution >= 4 is 5.97 Å². The molecule has 0 aromatic rings. The van der Waals surface area contributed by atoms with Crippen LogP contribution >= 0.6 is 0 Å². The number of carboxylic acid groups (broad SMARTS) is 1. The van der Waals surface area contributed by atoms with Gasteiger partial charge in [0.2, 0.25) is 0 Å². The molecule has 0 aliphatic rings. The second-order valence-corrected chi connectivity index (χ2v) is 3.42. The SMILES string of the molecule is CCCOCCCNC(C)CC(=O)O. The van der Waals surface area contributed by atoms with E-state index in [1.54, 1.807) is 0 Å². The minimum Gasteiger partial charge on any atom is -0.481 e. The van der Waals surface area contributed by atoms with Crippen LogP contribution in [0.2, 0.25) is 0 Å². The standard InChI is InChI=1S/C10H21NO3/c1-3-6-14-7-4-5-11-9(2)8-10(12)13/h9,11H,3-8H2,1-2H3,(H,12,13). The summed E-state index contributed by atoms with van der Waals surface area (Å²) in [5.74, 6) is -0.757. The maximum Gasteiger partial charge on any atom is 0.304 e. The van der Waals surface area contributed by atoms with Crippen molar-refractivity contribution in [2.75, 3.05) is 19.8 Å². The van der Waals surface area contributed by atoms with Crippen LogP contribution in [-0.2, 0) is 9.53 Å². The van der Waals surface area contributed by atoms with Crippen LogP contribution in [-0.4, -0.2) is 36.9 Å². The molecule has 0 amide bonds. The van der Waals surface area contributed by atoms with E-state index < -0.39 is 5.97 Å². The van der Waals surface area contributed by atoms with Crippen LogP contribution in [0.1, 0.15) is 33.1 Å². The first-order valence-electron chi connectivity index (χ1n) is 5.19. The Morgan fingerprint density at radius 1 is 1.50 bits per heavy atom. The summed E-state index contributed by atoms with van der Waals surface area (Å²) in [4.78, 5) is 10.3. The molecule has 0 fully saturated rings. The number of aliphatic carboxylic acids is 1. The van der Waals surface area contributed by atoms with E-state index in [-0.39, 0.29) is 12.5 Å². The number of nitrogens with one attached hydrogen (secondary N) is 1. The van der Waals surface area contributed by atoms with Crippen LogP contribution in [0, 0.1) is 0 Å². The van der Waals surface area contributed by atoms with Crippen molar-refractivity contribution < 1.29 is 14.6 Å². The predicted octanol–water partition coefficient (Wildman–Crippen LogP) is 1.26. The lowest BCUT2D eigenvalue weighted by atomic mass is 10.2. The fraction of sp³-hybridized carbons (Fsp3) is 0.900. The molecule has 0 radical (unpaired) electrons. The van der Waals surface area contributed by atoms with Gasteiger partial charge >= 0.3 is 5.97 Å². The van der Waals surface area contributed by atoms with Crippen molar-refractivity contribution in [3.05, 3.63) is 0 Å². The molecule has 14 heavy (non-hydrogen) atoms. The Morgan fingerprint density at radius 2 is 2.21 bits per heavy atom. The monoisotopic (exact) mass is 203 g/mol. The second-order valence-electron chi connectivity index (χ2n) is 3.42. The third-order valence-corrected chi connectivity index (χ3v) is 1.79. The van der Waals surface area contributed by atoms with Gasteiger partial charge in [-0.1, -0.05) is 6.92 Å². The molecule has 84 valence electrons. The Hall–Kier alpha value is -0.610. The van der Waals surface area contributed by atoms with E-state index in [0.717, 1.165) is 32.6 Å². The average Bonchev–Trinajstić information content (AvgIpc) is 2.10. The topological polar surface area (TPSA) is 58.6 Å². The van der Waals surface area contributed by atoms with Crippen LogP contribution < -0.4 is 5.32 Å². The molecule has 0 aliphatic heterocycles. The van der Waals surface area contributed by atoms with E-state index in [1.165, 1.54) is 0 Å². The lowest BCUT2D eigenvalue weighted by Gasteiger charge is -2.10. The summed E-state index contributed by atoms with van der Waals surface area (Å²) in [6, 6.07) is 0.0404. The molecule has 4 heteroatoms. The number of hydrogen-bond donors (Lipinski definition) is 2. The minimum absolute atomic E-state index is 0.0404. The van der Waals surface area contributed by atoms with Gasteiger partial charge in [0.15, 0.2) is 0 Å². The summed E-state index contributed by atoms with van der Waals surface area (Å²) in [5.41, 5.74) is 0. The average molecular weight is 203 g/mol. The summed E-state index contributed by atoms with van der Waals surface area (Å²) in [7, 11) is 0. The van der Waals surface area contributed by atoms with Gasteiger partial charge in [0.05, 0.1) is 6.42 Å². The van der Waals surface area contributed by atoms with E-state index in [2.05, 4.69) is 12.2 Å². The molecule has 1 unspecified atom stereocenters. The molecule has 0 rings (SSSR count). The minimum atomic E-state index is -0.757. The fourth-order valence-corrected chi connectivity index (χ4v) is 1.10. The van der Waals surface area contributed by atoms with Crippen molar-refractivity contribution in [1.29, 1.82) is 0 Å². The van der Waals surface area contributed by atoms with Crippen LogP contribution in [0.3, 0.4) is 0 Å². The fourth-order valence-electron chi connectivity index (χ4n) is 1.10.